The molecule has 0 N–H and O–H groups in total. The van der Waals surface area contributed by atoms with Crippen LogP contribution in [0.3, 0.4) is 0 Å². The van der Waals surface area contributed by atoms with Gasteiger partial charge >= 0.3 is 5.97 Å². The Morgan fingerprint density at radius 1 is 0.938 bits per heavy atom. The predicted octanol–water partition coefficient (Wildman–Crippen LogP) is 4.78. The highest BCUT2D eigenvalue weighted by Crippen LogP contribution is 2.47. The van der Waals surface area contributed by atoms with Crippen LogP contribution in [0.2, 0.25) is 0 Å². The van der Waals surface area contributed by atoms with Crippen LogP contribution in [-0.4, -0.2) is 34.4 Å². The highest BCUT2D eigenvalue weighted by Gasteiger charge is 2.28. The maximum absolute atomic E-state index is 13.8. The summed E-state index contributed by atoms with van der Waals surface area (Å²) in [7, 11) is 5.85. The third kappa shape index (κ3) is 3.90. The summed E-state index contributed by atoms with van der Waals surface area (Å²) in [5.74, 6) is 1.38. The molecule has 0 fully saturated rings. The molecule has 0 spiro atoms. The molecule has 2 aromatic carbocycles. The summed E-state index contributed by atoms with van der Waals surface area (Å²) in [4.78, 5) is 25.5. The van der Waals surface area contributed by atoms with Gasteiger partial charge < -0.3 is 23.4 Å². The average molecular weight is 440 g/mol. The van der Waals surface area contributed by atoms with Crippen LogP contribution in [0.15, 0.2) is 33.5 Å². The lowest BCUT2D eigenvalue weighted by atomic mass is 9.95. The van der Waals surface area contributed by atoms with Gasteiger partial charge in [0.2, 0.25) is 11.2 Å². The van der Waals surface area contributed by atoms with E-state index in [1.807, 2.05) is 0 Å². The van der Waals surface area contributed by atoms with Crippen molar-refractivity contribution in [1.82, 2.24) is 0 Å². The lowest BCUT2D eigenvalue weighted by molar-refractivity contribution is 0.0600. The molecule has 0 aliphatic rings. The van der Waals surface area contributed by atoms with Gasteiger partial charge in [0.1, 0.15) is 16.7 Å². The van der Waals surface area contributed by atoms with Crippen LogP contribution >= 0.6 is 0 Å². The number of fused-ring (bicyclic) bond motifs is 1. The number of esters is 1. The first kappa shape index (κ1) is 23.2. The third-order valence-corrected chi connectivity index (χ3v) is 5.30. The molecule has 1 heterocycles. The van der Waals surface area contributed by atoms with Crippen molar-refractivity contribution in [2.24, 2.45) is 5.92 Å². The summed E-state index contributed by atoms with van der Waals surface area (Å²) in [6, 6.07) is 6.61. The fourth-order valence-corrected chi connectivity index (χ4v) is 3.93. The number of rotatable bonds is 7. The Balaban J connectivity index is 2.40. The number of aryl methyl sites for hydroxylation is 1. The summed E-state index contributed by atoms with van der Waals surface area (Å²) in [5, 5.41) is 0.290. The zero-order chi connectivity index (χ0) is 23.6. The molecular weight excluding hydrogens is 412 g/mol. The van der Waals surface area contributed by atoms with Gasteiger partial charge in [-0.25, -0.2) is 4.79 Å². The van der Waals surface area contributed by atoms with Gasteiger partial charge in [0.15, 0.2) is 11.5 Å². The van der Waals surface area contributed by atoms with Crippen LogP contribution in [0.5, 0.6) is 17.2 Å². The molecule has 0 saturated heterocycles. The first-order valence-electron chi connectivity index (χ1n) is 10.3. The van der Waals surface area contributed by atoms with E-state index in [1.54, 1.807) is 38.3 Å². The average Bonchev–Trinajstić information content (AvgIpc) is 2.78. The maximum Gasteiger partial charge on any atom is 0.337 e. The van der Waals surface area contributed by atoms with Crippen LogP contribution in [0.1, 0.15) is 35.5 Å². The highest BCUT2D eigenvalue weighted by atomic mass is 16.5. The normalized spacial score (nSPS) is 11.0. The standard InChI is InChI=1S/C25H28O7/c1-13(2)12-17-21-19(23(29-5)24(30-6)22(17)28-4)20(26)18(14(3)32-21)15-8-10-16(11-9-15)25(27)31-7/h8-11,13H,12H2,1-7H3. The van der Waals surface area contributed by atoms with E-state index in [9.17, 15) is 9.59 Å². The Hall–Kier alpha value is -3.48. The fraction of sp³-hybridized carbons (Fsp3) is 0.360. The van der Waals surface area contributed by atoms with Crippen LogP contribution in [-0.2, 0) is 11.2 Å². The molecule has 0 radical (unpaired) electrons. The number of carbonyl (C=O) groups is 1. The van der Waals surface area contributed by atoms with Crippen LogP contribution in [0.25, 0.3) is 22.1 Å². The molecule has 3 rings (SSSR count). The van der Waals surface area contributed by atoms with Crippen molar-refractivity contribution in [3.63, 3.8) is 0 Å². The van der Waals surface area contributed by atoms with Gasteiger partial charge in [-0.2, -0.15) is 0 Å². The minimum Gasteiger partial charge on any atom is -0.492 e. The number of benzene rings is 2. The zero-order valence-corrected chi connectivity index (χ0v) is 19.5. The summed E-state index contributed by atoms with van der Waals surface area (Å²) < 4.78 is 27.8. The Morgan fingerprint density at radius 2 is 1.53 bits per heavy atom. The Morgan fingerprint density at radius 3 is 2.03 bits per heavy atom. The largest absolute Gasteiger partial charge is 0.492 e. The molecule has 0 aliphatic heterocycles. The number of methoxy groups -OCH3 is 4. The molecule has 0 unspecified atom stereocenters. The highest BCUT2D eigenvalue weighted by molar-refractivity contribution is 5.95. The van der Waals surface area contributed by atoms with Crippen LogP contribution in [0, 0.1) is 12.8 Å². The minimum atomic E-state index is -0.448. The molecule has 3 aromatic rings. The molecule has 0 amide bonds. The predicted molar refractivity (Wildman–Crippen MR) is 122 cm³/mol. The smallest absolute Gasteiger partial charge is 0.337 e. The SMILES string of the molecule is COC(=O)c1ccc(-c2c(C)oc3c(CC(C)C)c(OC)c(OC)c(OC)c3c2=O)cc1. The quantitative estimate of drug-likeness (QED) is 0.489. The molecule has 7 heteroatoms. The van der Waals surface area contributed by atoms with Crippen LogP contribution < -0.4 is 19.6 Å². The topological polar surface area (TPSA) is 84.2 Å². The molecule has 0 aliphatic carbocycles. The number of carbonyl (C=O) groups excluding carboxylic acids is 1. The van der Waals surface area contributed by atoms with E-state index in [0.29, 0.717) is 51.3 Å². The van der Waals surface area contributed by atoms with Gasteiger partial charge in [0, 0.05) is 5.56 Å². The third-order valence-electron chi connectivity index (χ3n) is 5.30. The molecule has 0 saturated carbocycles. The first-order chi connectivity index (χ1) is 15.3. The zero-order valence-electron chi connectivity index (χ0n) is 19.5. The minimum absolute atomic E-state index is 0.252. The van der Waals surface area contributed by atoms with Crippen molar-refractivity contribution in [3.8, 4) is 28.4 Å². The molecule has 0 bridgehead atoms. The van der Waals surface area contributed by atoms with Crippen molar-refractivity contribution in [3.05, 3.63) is 51.4 Å². The molecule has 170 valence electrons. The van der Waals surface area contributed by atoms with Crippen molar-refractivity contribution < 1.29 is 28.2 Å². The number of hydrogen-bond donors (Lipinski definition) is 0. The van der Waals surface area contributed by atoms with Gasteiger partial charge in [-0.05, 0) is 37.0 Å². The monoisotopic (exact) mass is 440 g/mol. The van der Waals surface area contributed by atoms with E-state index in [2.05, 4.69) is 13.8 Å². The van der Waals surface area contributed by atoms with Crippen molar-refractivity contribution >= 4 is 16.9 Å². The second-order valence-electron chi connectivity index (χ2n) is 7.81. The Kier molecular flexibility index (Phi) is 6.77. The van der Waals surface area contributed by atoms with Gasteiger partial charge in [-0.1, -0.05) is 26.0 Å². The van der Waals surface area contributed by atoms with Gasteiger partial charge in [0.05, 0.1) is 39.6 Å². The van der Waals surface area contributed by atoms with E-state index >= 15 is 0 Å². The summed E-state index contributed by atoms with van der Waals surface area (Å²) in [6.07, 6.45) is 0.621. The first-order valence-corrected chi connectivity index (χ1v) is 10.3. The van der Waals surface area contributed by atoms with E-state index in [1.165, 1.54) is 21.3 Å². The van der Waals surface area contributed by atoms with Crippen molar-refractivity contribution in [2.45, 2.75) is 27.2 Å². The number of ether oxygens (including phenoxy) is 4. The Bertz CT molecular complexity index is 1200. The fourth-order valence-electron chi connectivity index (χ4n) is 3.93. The van der Waals surface area contributed by atoms with Crippen molar-refractivity contribution in [1.29, 1.82) is 0 Å². The summed E-state index contributed by atoms with van der Waals surface area (Å²) in [5.41, 5.74) is 2.32. The Labute approximate surface area is 186 Å². The van der Waals surface area contributed by atoms with Crippen molar-refractivity contribution in [2.75, 3.05) is 28.4 Å². The van der Waals surface area contributed by atoms with Gasteiger partial charge in [-0.15, -0.1) is 0 Å². The molecule has 0 atom stereocenters. The second kappa shape index (κ2) is 9.34. The van der Waals surface area contributed by atoms with Gasteiger partial charge in [0.25, 0.3) is 0 Å². The molecule has 7 nitrogen and oxygen atoms in total. The lowest BCUT2D eigenvalue weighted by Crippen LogP contribution is -2.13. The maximum atomic E-state index is 13.8. The molecular formula is C25H28O7. The summed E-state index contributed by atoms with van der Waals surface area (Å²) in [6.45, 7) is 5.89. The van der Waals surface area contributed by atoms with Gasteiger partial charge in [-0.3, -0.25) is 4.79 Å². The molecule has 1 aromatic heterocycles. The number of hydrogen-bond acceptors (Lipinski definition) is 7. The van der Waals surface area contributed by atoms with E-state index in [-0.39, 0.29) is 17.1 Å². The second-order valence-corrected chi connectivity index (χ2v) is 7.81. The van der Waals surface area contributed by atoms with E-state index in [0.717, 1.165) is 5.56 Å². The van der Waals surface area contributed by atoms with E-state index in [4.69, 9.17) is 23.4 Å². The van der Waals surface area contributed by atoms with E-state index < -0.39 is 5.97 Å². The molecule has 32 heavy (non-hydrogen) atoms. The van der Waals surface area contributed by atoms with Crippen LogP contribution in [0.4, 0.5) is 0 Å². The lowest BCUT2D eigenvalue weighted by Gasteiger charge is -2.20. The summed E-state index contributed by atoms with van der Waals surface area (Å²) >= 11 is 0.